The van der Waals surface area contributed by atoms with E-state index in [0.717, 1.165) is 25.1 Å². The van der Waals surface area contributed by atoms with E-state index in [9.17, 15) is 14.4 Å². The van der Waals surface area contributed by atoms with Gasteiger partial charge in [0.05, 0.1) is 0 Å². The third-order valence-electron chi connectivity index (χ3n) is 4.29. The molecule has 0 bridgehead atoms. The van der Waals surface area contributed by atoms with Crippen LogP contribution >= 0.6 is 0 Å². The molecule has 3 amide bonds. The maximum atomic E-state index is 12.4. The van der Waals surface area contributed by atoms with Gasteiger partial charge in [-0.05, 0) is 44.2 Å². The Morgan fingerprint density at radius 3 is 2.50 bits per heavy atom. The zero-order chi connectivity index (χ0) is 20.7. The van der Waals surface area contributed by atoms with Crippen LogP contribution in [0.25, 0.3) is 0 Å². The summed E-state index contributed by atoms with van der Waals surface area (Å²) in [5, 5.41) is 11.3. The van der Waals surface area contributed by atoms with Crippen molar-refractivity contribution >= 4 is 18.2 Å². The van der Waals surface area contributed by atoms with E-state index in [-0.39, 0.29) is 0 Å². The SMILES string of the molecule is CC(C)(N)[C@H](NC(=O)c1ccc(C#C/C=C/C2CN(C=O)C2)cc1)C(=O)NO. The highest BCUT2D eigenvalue weighted by Crippen LogP contribution is 2.14. The summed E-state index contributed by atoms with van der Waals surface area (Å²) in [7, 11) is 0. The summed E-state index contributed by atoms with van der Waals surface area (Å²) < 4.78 is 0. The van der Waals surface area contributed by atoms with Crippen LogP contribution in [0.1, 0.15) is 29.8 Å². The van der Waals surface area contributed by atoms with Crippen molar-refractivity contribution in [1.82, 2.24) is 15.7 Å². The van der Waals surface area contributed by atoms with Crippen molar-refractivity contribution in [2.24, 2.45) is 11.7 Å². The topological polar surface area (TPSA) is 125 Å². The minimum atomic E-state index is -1.10. The Morgan fingerprint density at radius 1 is 1.32 bits per heavy atom. The first-order valence-electron chi connectivity index (χ1n) is 8.76. The minimum absolute atomic E-state index is 0.338. The van der Waals surface area contributed by atoms with E-state index in [4.69, 9.17) is 10.9 Å². The van der Waals surface area contributed by atoms with E-state index in [1.165, 1.54) is 5.48 Å². The zero-order valence-electron chi connectivity index (χ0n) is 15.8. The molecule has 8 heteroatoms. The summed E-state index contributed by atoms with van der Waals surface area (Å²) in [6, 6.07) is 5.48. The van der Waals surface area contributed by atoms with Gasteiger partial charge in [0.2, 0.25) is 6.41 Å². The highest BCUT2D eigenvalue weighted by atomic mass is 16.5. The lowest BCUT2D eigenvalue weighted by atomic mass is 9.95. The summed E-state index contributed by atoms with van der Waals surface area (Å²) in [4.78, 5) is 36.3. The van der Waals surface area contributed by atoms with Gasteiger partial charge in [0.25, 0.3) is 11.8 Å². The number of allylic oxidation sites excluding steroid dienone is 1. The molecule has 2 rings (SSSR count). The molecule has 28 heavy (non-hydrogen) atoms. The van der Waals surface area contributed by atoms with Crippen LogP contribution in [0.3, 0.4) is 0 Å². The van der Waals surface area contributed by atoms with Gasteiger partial charge in [-0.25, -0.2) is 5.48 Å². The molecule has 1 heterocycles. The molecule has 0 aliphatic carbocycles. The maximum absolute atomic E-state index is 12.4. The Hall–Kier alpha value is -3.15. The normalized spacial score (nSPS) is 15.2. The van der Waals surface area contributed by atoms with Gasteiger partial charge in [-0.3, -0.25) is 19.6 Å². The van der Waals surface area contributed by atoms with Crippen molar-refractivity contribution in [3.05, 3.63) is 47.5 Å². The molecule has 1 saturated heterocycles. The van der Waals surface area contributed by atoms with Crippen molar-refractivity contribution in [2.75, 3.05) is 13.1 Å². The lowest BCUT2D eigenvalue weighted by Gasteiger charge is -2.34. The number of nitrogens with zero attached hydrogens (tertiary/aromatic N) is 1. The molecule has 5 N–H and O–H groups in total. The van der Waals surface area contributed by atoms with Crippen LogP contribution in [0.2, 0.25) is 0 Å². The van der Waals surface area contributed by atoms with Crippen molar-refractivity contribution < 1.29 is 19.6 Å². The van der Waals surface area contributed by atoms with Gasteiger partial charge >= 0.3 is 0 Å². The molecular weight excluding hydrogens is 360 g/mol. The van der Waals surface area contributed by atoms with Gasteiger partial charge in [0.15, 0.2) is 0 Å². The van der Waals surface area contributed by atoms with Crippen LogP contribution in [-0.2, 0) is 9.59 Å². The van der Waals surface area contributed by atoms with Gasteiger partial charge in [-0.1, -0.05) is 17.9 Å². The van der Waals surface area contributed by atoms with Crippen molar-refractivity contribution in [2.45, 2.75) is 25.4 Å². The second kappa shape index (κ2) is 9.17. The van der Waals surface area contributed by atoms with Gasteiger partial charge in [-0.15, -0.1) is 0 Å². The van der Waals surface area contributed by atoms with Gasteiger partial charge in [-0.2, -0.15) is 0 Å². The number of likely N-dealkylation sites (tertiary alicyclic amines) is 1. The second-order valence-corrected chi connectivity index (χ2v) is 7.23. The number of nitrogens with one attached hydrogen (secondary N) is 2. The fourth-order valence-electron chi connectivity index (χ4n) is 2.64. The van der Waals surface area contributed by atoms with Crippen molar-refractivity contribution in [3.8, 4) is 11.8 Å². The highest BCUT2D eigenvalue weighted by molar-refractivity contribution is 5.97. The average molecular weight is 384 g/mol. The van der Waals surface area contributed by atoms with Crippen LogP contribution in [0, 0.1) is 17.8 Å². The largest absolute Gasteiger partial charge is 0.344 e. The minimum Gasteiger partial charge on any atom is -0.344 e. The molecule has 0 unspecified atom stereocenters. The van der Waals surface area contributed by atoms with Crippen LogP contribution < -0.4 is 16.5 Å². The average Bonchev–Trinajstić information content (AvgIpc) is 2.63. The third-order valence-corrected chi connectivity index (χ3v) is 4.29. The van der Waals surface area contributed by atoms with E-state index in [0.29, 0.717) is 11.5 Å². The number of hydrogen-bond acceptors (Lipinski definition) is 5. The first kappa shape index (κ1) is 21.2. The molecule has 0 saturated carbocycles. The Kier molecular flexibility index (Phi) is 6.93. The molecule has 0 spiro atoms. The molecule has 1 atom stereocenters. The van der Waals surface area contributed by atoms with Crippen molar-refractivity contribution in [3.63, 3.8) is 0 Å². The second-order valence-electron chi connectivity index (χ2n) is 7.23. The number of hydrogen-bond donors (Lipinski definition) is 4. The maximum Gasteiger partial charge on any atom is 0.267 e. The fourth-order valence-corrected chi connectivity index (χ4v) is 2.64. The van der Waals surface area contributed by atoms with Gasteiger partial charge in [0.1, 0.15) is 6.04 Å². The van der Waals surface area contributed by atoms with Crippen LogP contribution in [0.15, 0.2) is 36.4 Å². The monoisotopic (exact) mass is 384 g/mol. The molecular formula is C20H24N4O4. The molecule has 0 aromatic heterocycles. The number of carbonyl (C=O) groups is 3. The first-order chi connectivity index (χ1) is 13.2. The van der Waals surface area contributed by atoms with E-state index >= 15 is 0 Å². The number of benzene rings is 1. The number of hydroxylamine groups is 1. The summed E-state index contributed by atoms with van der Waals surface area (Å²) in [6.45, 7) is 4.58. The van der Waals surface area contributed by atoms with Gasteiger partial charge in [0, 0.05) is 35.7 Å². The van der Waals surface area contributed by atoms with Crippen molar-refractivity contribution in [1.29, 1.82) is 0 Å². The highest BCUT2D eigenvalue weighted by Gasteiger charge is 2.33. The summed E-state index contributed by atoms with van der Waals surface area (Å²) in [6.07, 6.45) is 4.56. The predicted octanol–water partition coefficient (Wildman–Crippen LogP) is 0.0236. The Bertz CT molecular complexity index is 809. The molecule has 1 aliphatic rings. The predicted molar refractivity (Wildman–Crippen MR) is 103 cm³/mol. The first-order valence-corrected chi connectivity index (χ1v) is 8.76. The molecule has 148 valence electrons. The molecule has 1 fully saturated rings. The Balaban J connectivity index is 1.95. The number of carbonyl (C=O) groups excluding carboxylic acids is 3. The van der Waals surface area contributed by atoms with E-state index in [2.05, 4.69) is 17.2 Å². The number of rotatable bonds is 6. The fraction of sp³-hybridized carbons (Fsp3) is 0.350. The number of amides is 3. The van der Waals surface area contributed by atoms with Crippen LogP contribution in [0.4, 0.5) is 0 Å². The lowest BCUT2D eigenvalue weighted by Crippen LogP contribution is -2.61. The standard InChI is InChI=1S/C20H24N4O4/c1-20(2,21)17(19(27)23-28)22-18(26)16-9-7-14(8-10-16)5-3-4-6-15-11-24(12-15)13-25/h4,6-10,13,15,17,28H,11-12,21H2,1-2H3,(H,22,26)(H,23,27)/b6-4+/t17-/m1/s1. The summed E-state index contributed by atoms with van der Waals surface area (Å²) in [5.74, 6) is 4.95. The lowest BCUT2D eigenvalue weighted by molar-refractivity contribution is -0.132. The van der Waals surface area contributed by atoms with Crippen LogP contribution in [0.5, 0.6) is 0 Å². The Labute approximate surface area is 163 Å². The molecule has 1 aliphatic heterocycles. The van der Waals surface area contributed by atoms with E-state index in [1.807, 2.05) is 6.08 Å². The zero-order valence-corrected chi connectivity index (χ0v) is 15.8. The summed E-state index contributed by atoms with van der Waals surface area (Å²) >= 11 is 0. The Morgan fingerprint density at radius 2 is 1.96 bits per heavy atom. The quantitative estimate of drug-likeness (QED) is 0.238. The van der Waals surface area contributed by atoms with Gasteiger partial charge < -0.3 is 16.0 Å². The van der Waals surface area contributed by atoms with E-state index in [1.54, 1.807) is 49.1 Å². The number of nitrogens with two attached hydrogens (primary N) is 1. The van der Waals surface area contributed by atoms with Crippen LogP contribution in [-0.4, -0.2) is 53.0 Å². The molecule has 1 aromatic carbocycles. The third kappa shape index (κ3) is 5.67. The molecule has 8 nitrogen and oxygen atoms in total. The van der Waals surface area contributed by atoms with E-state index < -0.39 is 23.4 Å². The molecule has 0 radical (unpaired) electrons. The summed E-state index contributed by atoms with van der Waals surface area (Å²) in [5.41, 5.74) is 7.41. The molecule has 1 aromatic rings. The smallest absolute Gasteiger partial charge is 0.267 e.